The highest BCUT2D eigenvalue weighted by Crippen LogP contribution is 2.36. The topological polar surface area (TPSA) is 128 Å². The highest BCUT2D eigenvalue weighted by atomic mass is 16.4. The number of anilines is 3. The number of phenols is 2. The van der Waals surface area contributed by atoms with Crippen LogP contribution in [0.5, 0.6) is 17.4 Å². The molecule has 9 heteroatoms. The molecule has 4 rings (SSSR count). The van der Waals surface area contributed by atoms with Gasteiger partial charge in [0, 0.05) is 22.6 Å². The lowest BCUT2D eigenvalue weighted by Gasteiger charge is -2.25. The average Bonchev–Trinajstić information content (AvgIpc) is 2.92. The lowest BCUT2D eigenvalue weighted by atomic mass is 10.1. The van der Waals surface area contributed by atoms with E-state index in [9.17, 15) is 24.9 Å². The molecule has 0 spiro atoms. The number of aromatic hydroxyl groups is 3. The molecule has 0 saturated carbocycles. The first-order chi connectivity index (χ1) is 18.7. The summed E-state index contributed by atoms with van der Waals surface area (Å²) < 4.78 is 0.645. The lowest BCUT2D eigenvalue weighted by molar-refractivity contribution is -0.137. The van der Waals surface area contributed by atoms with E-state index in [0.29, 0.717) is 4.57 Å². The van der Waals surface area contributed by atoms with E-state index in [0.717, 1.165) is 22.6 Å². The summed E-state index contributed by atoms with van der Waals surface area (Å²) in [6.45, 7) is 8.04. The number of aromatic nitrogens is 1. The molecule has 0 aliphatic rings. The number of phenolic OH excluding ortho intramolecular Hbond substituents is 2. The average molecular weight is 522 g/mol. The largest absolute Gasteiger partial charge is 0.508 e. The van der Waals surface area contributed by atoms with Gasteiger partial charge in [-0.25, -0.2) is 4.85 Å². The number of pyridine rings is 1. The molecule has 1 heterocycles. The van der Waals surface area contributed by atoms with Gasteiger partial charge < -0.3 is 25.3 Å². The minimum Gasteiger partial charge on any atom is -0.508 e. The molecule has 0 bridgehead atoms. The van der Waals surface area contributed by atoms with E-state index in [1.54, 1.807) is 54.6 Å². The van der Waals surface area contributed by atoms with Crippen LogP contribution in [0, 0.1) is 13.5 Å². The van der Waals surface area contributed by atoms with Gasteiger partial charge in [0.25, 0.3) is 5.56 Å². The first-order valence-corrected chi connectivity index (χ1v) is 11.7. The van der Waals surface area contributed by atoms with Crippen molar-refractivity contribution in [2.75, 3.05) is 4.90 Å². The number of hydrogen-bond donors (Lipinski definition) is 4. The summed E-state index contributed by atoms with van der Waals surface area (Å²) in [5, 5.41) is 38.7. The van der Waals surface area contributed by atoms with Crippen molar-refractivity contribution in [1.82, 2.24) is 4.57 Å². The van der Waals surface area contributed by atoms with E-state index in [1.165, 1.54) is 13.0 Å². The van der Waals surface area contributed by atoms with Crippen LogP contribution in [-0.4, -0.2) is 31.0 Å². The lowest BCUT2D eigenvalue weighted by Crippen LogP contribution is -2.26. The molecule has 0 amide bonds. The Morgan fingerprint density at radius 3 is 1.85 bits per heavy atom. The van der Waals surface area contributed by atoms with E-state index in [1.807, 2.05) is 29.2 Å². The van der Waals surface area contributed by atoms with E-state index in [-0.39, 0.29) is 28.3 Å². The molecule has 0 radical (unpaired) electrons. The highest BCUT2D eigenvalue weighted by molar-refractivity contribution is 5.78. The second-order valence-corrected chi connectivity index (χ2v) is 8.52. The van der Waals surface area contributed by atoms with Crippen molar-refractivity contribution in [2.45, 2.75) is 13.5 Å². The predicted molar refractivity (Wildman–Crippen MR) is 148 cm³/mol. The Kier molecular flexibility index (Phi) is 7.52. The maximum atomic E-state index is 12.8. The van der Waals surface area contributed by atoms with Gasteiger partial charge in [-0.1, -0.05) is 12.1 Å². The zero-order valence-electron chi connectivity index (χ0n) is 20.7. The van der Waals surface area contributed by atoms with Crippen LogP contribution in [0.1, 0.15) is 16.7 Å². The Bertz CT molecular complexity index is 1650. The van der Waals surface area contributed by atoms with Gasteiger partial charge in [-0.2, -0.15) is 0 Å². The molecule has 0 atom stereocenters. The van der Waals surface area contributed by atoms with Crippen molar-refractivity contribution in [3.8, 4) is 17.4 Å². The smallest absolute Gasteiger partial charge is 0.323 e. The summed E-state index contributed by atoms with van der Waals surface area (Å²) in [5.74, 6) is -1.73. The molecule has 194 valence electrons. The fraction of sp³-hybridized carbons (Fsp3) is 0.0667. The van der Waals surface area contributed by atoms with Crippen LogP contribution in [0.25, 0.3) is 17.0 Å². The van der Waals surface area contributed by atoms with Crippen molar-refractivity contribution in [3.63, 3.8) is 0 Å². The van der Waals surface area contributed by atoms with Crippen LogP contribution in [0.2, 0.25) is 0 Å². The Hall–Kier alpha value is -5.71. The third kappa shape index (κ3) is 5.67. The number of nitrogens with zero attached hydrogens (tertiary/aromatic N) is 3. The zero-order valence-corrected chi connectivity index (χ0v) is 20.7. The predicted octanol–water partition coefficient (Wildman–Crippen LogP) is 5.70. The van der Waals surface area contributed by atoms with Crippen LogP contribution in [0.15, 0.2) is 83.3 Å². The van der Waals surface area contributed by atoms with Crippen molar-refractivity contribution in [3.05, 3.63) is 117 Å². The van der Waals surface area contributed by atoms with E-state index in [4.69, 9.17) is 11.7 Å². The summed E-state index contributed by atoms with van der Waals surface area (Å²) in [7, 11) is 0. The summed E-state index contributed by atoms with van der Waals surface area (Å²) in [6, 6.07) is 20.8. The third-order valence-electron chi connectivity index (χ3n) is 5.95. The molecule has 0 aliphatic heterocycles. The highest BCUT2D eigenvalue weighted by Gasteiger charge is 2.19. The molecular weight excluding hydrogens is 498 g/mol. The van der Waals surface area contributed by atoms with Crippen molar-refractivity contribution in [2.24, 2.45) is 0 Å². The standard InChI is InChI=1S/C30H23N3O6/c1-19-26(29(38)32(18-27(36)37)30(39)28(19)31-2)5-3-4-20-6-8-21(9-7-20)33(22-10-14-24(34)15-11-22)23-12-16-25(35)17-13-23/h4-17,34-35,39H,18H2,1H3,(H,36,37). The Balaban J connectivity index is 1.69. The second-order valence-electron chi connectivity index (χ2n) is 8.52. The Labute approximate surface area is 223 Å². The van der Waals surface area contributed by atoms with Gasteiger partial charge >= 0.3 is 5.97 Å². The summed E-state index contributed by atoms with van der Waals surface area (Å²) >= 11 is 0. The summed E-state index contributed by atoms with van der Waals surface area (Å²) in [5.41, 5.74) is 5.39. The minimum atomic E-state index is -1.33. The van der Waals surface area contributed by atoms with E-state index >= 15 is 0 Å². The number of aliphatic carboxylic acids is 1. The molecule has 9 nitrogen and oxygen atoms in total. The van der Waals surface area contributed by atoms with Gasteiger partial charge in [-0.15, -0.1) is 5.73 Å². The molecule has 39 heavy (non-hydrogen) atoms. The van der Waals surface area contributed by atoms with Crippen LogP contribution >= 0.6 is 0 Å². The van der Waals surface area contributed by atoms with Gasteiger partial charge in [0.1, 0.15) is 18.0 Å². The first kappa shape index (κ1) is 26.4. The first-order valence-electron chi connectivity index (χ1n) is 11.7. The minimum absolute atomic E-state index is 0.0544. The van der Waals surface area contributed by atoms with E-state index < -0.39 is 24.0 Å². The zero-order chi connectivity index (χ0) is 28.1. The fourth-order valence-corrected chi connectivity index (χ4v) is 4.00. The van der Waals surface area contributed by atoms with Crippen LogP contribution in [0.3, 0.4) is 0 Å². The van der Waals surface area contributed by atoms with Gasteiger partial charge in [-0.05, 0) is 90.9 Å². The molecule has 0 saturated heterocycles. The molecule has 4 aromatic rings. The SMILES string of the molecule is [C-]#[N+]c1c(C)c(C=C=Cc2ccc(N(c3ccc(O)cc3)c3ccc(O)cc3)cc2)c(=O)n(CC(=O)O)c1O. The number of rotatable bonds is 7. The van der Waals surface area contributed by atoms with Crippen molar-refractivity contribution in [1.29, 1.82) is 0 Å². The van der Waals surface area contributed by atoms with Crippen LogP contribution < -0.4 is 10.5 Å². The van der Waals surface area contributed by atoms with Crippen molar-refractivity contribution >= 4 is 40.9 Å². The van der Waals surface area contributed by atoms with Gasteiger partial charge in [-0.3, -0.25) is 14.2 Å². The molecule has 3 aromatic carbocycles. The van der Waals surface area contributed by atoms with Gasteiger partial charge in [0.15, 0.2) is 5.88 Å². The molecular formula is C30H23N3O6. The number of carboxylic acids is 1. The molecule has 0 aliphatic carbocycles. The van der Waals surface area contributed by atoms with Crippen LogP contribution in [0.4, 0.5) is 22.7 Å². The maximum absolute atomic E-state index is 12.8. The number of carbonyl (C=O) groups is 1. The number of hydrogen-bond acceptors (Lipinski definition) is 6. The maximum Gasteiger partial charge on any atom is 0.323 e. The number of carboxylic acid groups (broad SMARTS) is 1. The monoisotopic (exact) mass is 521 g/mol. The summed E-state index contributed by atoms with van der Waals surface area (Å²) in [6.07, 6.45) is 2.98. The number of benzene rings is 3. The fourth-order valence-electron chi connectivity index (χ4n) is 4.00. The third-order valence-corrected chi connectivity index (χ3v) is 5.95. The van der Waals surface area contributed by atoms with Gasteiger partial charge in [0.2, 0.25) is 5.69 Å². The Morgan fingerprint density at radius 2 is 1.38 bits per heavy atom. The molecule has 1 aromatic heterocycles. The Morgan fingerprint density at radius 1 is 0.897 bits per heavy atom. The quantitative estimate of drug-likeness (QED) is 0.181. The summed E-state index contributed by atoms with van der Waals surface area (Å²) in [4.78, 5) is 29.1. The second kappa shape index (κ2) is 11.1. The molecule has 0 fully saturated rings. The normalized spacial score (nSPS) is 10.3. The van der Waals surface area contributed by atoms with Crippen molar-refractivity contribution < 1.29 is 25.2 Å². The molecule has 4 N–H and O–H groups in total. The molecule has 0 unspecified atom stereocenters. The van der Waals surface area contributed by atoms with Gasteiger partial charge in [0.05, 0.1) is 6.57 Å². The van der Waals surface area contributed by atoms with E-state index in [2.05, 4.69) is 10.6 Å². The van der Waals surface area contributed by atoms with Crippen LogP contribution in [-0.2, 0) is 11.3 Å².